The van der Waals surface area contributed by atoms with Gasteiger partial charge in [-0.3, -0.25) is 4.79 Å². The van der Waals surface area contributed by atoms with Crippen LogP contribution in [0.25, 0.3) is 0 Å². The van der Waals surface area contributed by atoms with Crippen LogP contribution >= 0.6 is 0 Å². The number of carbonyl (C=O) groups is 1. The molecule has 0 aliphatic heterocycles. The summed E-state index contributed by atoms with van der Waals surface area (Å²) >= 11 is 0. The van der Waals surface area contributed by atoms with Gasteiger partial charge in [0.25, 0.3) is 0 Å². The Balaban J connectivity index is 2.74. The standard InChI is InChI=1S/C9H16O2/c1-8(2)4-7(10)5-9(3,11)6-8/h11H,4-6H2,1-3H3/t9-/m0/s1. The first kappa shape index (κ1) is 8.72. The molecule has 1 atom stereocenters. The van der Waals surface area contributed by atoms with Gasteiger partial charge in [0.15, 0.2) is 0 Å². The van der Waals surface area contributed by atoms with Gasteiger partial charge in [0, 0.05) is 12.8 Å². The van der Waals surface area contributed by atoms with Gasteiger partial charge in [-0.2, -0.15) is 0 Å². The molecule has 0 aromatic heterocycles. The highest BCUT2D eigenvalue weighted by atomic mass is 16.3. The van der Waals surface area contributed by atoms with E-state index in [1.165, 1.54) is 0 Å². The van der Waals surface area contributed by atoms with Crippen molar-refractivity contribution in [2.45, 2.75) is 45.6 Å². The zero-order chi connectivity index (χ0) is 8.70. The van der Waals surface area contributed by atoms with Gasteiger partial charge in [-0.25, -0.2) is 0 Å². The molecule has 11 heavy (non-hydrogen) atoms. The Kier molecular flexibility index (Phi) is 1.83. The molecule has 1 aliphatic rings. The molecule has 1 fully saturated rings. The van der Waals surface area contributed by atoms with Gasteiger partial charge < -0.3 is 5.11 Å². The molecule has 0 saturated heterocycles. The lowest BCUT2D eigenvalue weighted by atomic mass is 9.70. The second-order valence-corrected chi connectivity index (χ2v) is 4.73. The fourth-order valence-electron chi connectivity index (χ4n) is 2.18. The third-order valence-electron chi connectivity index (χ3n) is 2.11. The lowest BCUT2D eigenvalue weighted by Gasteiger charge is -2.38. The minimum atomic E-state index is -0.765. The summed E-state index contributed by atoms with van der Waals surface area (Å²) in [4.78, 5) is 11.1. The predicted molar refractivity (Wildman–Crippen MR) is 43.3 cm³/mol. The maximum atomic E-state index is 11.1. The molecule has 2 heteroatoms. The minimum Gasteiger partial charge on any atom is -0.390 e. The number of aliphatic hydroxyl groups is 1. The normalized spacial score (nSPS) is 37.3. The lowest BCUT2D eigenvalue weighted by Crippen LogP contribution is -2.40. The Morgan fingerprint density at radius 2 is 1.82 bits per heavy atom. The third kappa shape index (κ3) is 2.29. The first-order valence-corrected chi connectivity index (χ1v) is 4.05. The minimum absolute atomic E-state index is 0.0150. The Morgan fingerprint density at radius 1 is 1.27 bits per heavy atom. The van der Waals surface area contributed by atoms with Gasteiger partial charge in [-0.1, -0.05) is 13.8 Å². The maximum absolute atomic E-state index is 11.1. The molecule has 0 bridgehead atoms. The molecule has 64 valence electrons. The van der Waals surface area contributed by atoms with Crippen LogP contribution in [-0.2, 0) is 4.79 Å². The van der Waals surface area contributed by atoms with Crippen LogP contribution in [-0.4, -0.2) is 16.5 Å². The summed E-state index contributed by atoms with van der Waals surface area (Å²) in [6.45, 7) is 5.79. The quantitative estimate of drug-likeness (QED) is 0.577. The van der Waals surface area contributed by atoms with Crippen LogP contribution in [0, 0.1) is 5.41 Å². The van der Waals surface area contributed by atoms with Crippen LogP contribution in [0.15, 0.2) is 0 Å². The average Bonchev–Trinajstić information content (AvgIpc) is 1.49. The zero-order valence-corrected chi connectivity index (χ0v) is 7.48. The first-order chi connectivity index (χ1) is 4.81. The maximum Gasteiger partial charge on any atom is 0.136 e. The van der Waals surface area contributed by atoms with E-state index in [4.69, 9.17) is 0 Å². The van der Waals surface area contributed by atoms with Crippen molar-refractivity contribution in [2.75, 3.05) is 0 Å². The fourth-order valence-corrected chi connectivity index (χ4v) is 2.18. The first-order valence-electron chi connectivity index (χ1n) is 4.05. The molecule has 0 spiro atoms. The number of hydrogen-bond acceptors (Lipinski definition) is 2. The fraction of sp³-hybridized carbons (Fsp3) is 0.889. The van der Waals surface area contributed by atoms with Crippen molar-refractivity contribution in [1.29, 1.82) is 0 Å². The van der Waals surface area contributed by atoms with E-state index in [-0.39, 0.29) is 11.2 Å². The Labute approximate surface area is 67.6 Å². The SMILES string of the molecule is CC1(C)CC(=O)C[C@](C)(O)C1. The van der Waals surface area contributed by atoms with Crippen molar-refractivity contribution in [3.63, 3.8) is 0 Å². The van der Waals surface area contributed by atoms with Gasteiger partial charge in [0.1, 0.15) is 5.78 Å². The lowest BCUT2D eigenvalue weighted by molar-refractivity contribution is -0.132. The highest BCUT2D eigenvalue weighted by Crippen LogP contribution is 2.38. The van der Waals surface area contributed by atoms with Crippen molar-refractivity contribution in [3.05, 3.63) is 0 Å². The van der Waals surface area contributed by atoms with E-state index in [0.717, 1.165) is 6.42 Å². The summed E-state index contributed by atoms with van der Waals surface area (Å²) in [6, 6.07) is 0. The van der Waals surface area contributed by atoms with E-state index in [2.05, 4.69) is 0 Å². The van der Waals surface area contributed by atoms with Gasteiger partial charge in [-0.15, -0.1) is 0 Å². The van der Waals surface area contributed by atoms with Crippen molar-refractivity contribution in [3.8, 4) is 0 Å². The summed E-state index contributed by atoms with van der Waals surface area (Å²) in [6.07, 6.45) is 1.67. The summed E-state index contributed by atoms with van der Waals surface area (Å²) in [5.74, 6) is 0.186. The summed E-state index contributed by atoms with van der Waals surface area (Å²) in [7, 11) is 0. The summed E-state index contributed by atoms with van der Waals surface area (Å²) < 4.78 is 0. The van der Waals surface area contributed by atoms with Crippen LogP contribution in [0.4, 0.5) is 0 Å². The molecular weight excluding hydrogens is 140 g/mol. The molecular formula is C9H16O2. The van der Waals surface area contributed by atoms with E-state index in [1.54, 1.807) is 6.92 Å². The van der Waals surface area contributed by atoms with E-state index in [9.17, 15) is 9.90 Å². The van der Waals surface area contributed by atoms with Gasteiger partial charge in [0.2, 0.25) is 0 Å². The smallest absolute Gasteiger partial charge is 0.136 e. The molecule has 0 heterocycles. The molecule has 1 rings (SSSR count). The van der Waals surface area contributed by atoms with Crippen LogP contribution in [0.3, 0.4) is 0 Å². The van der Waals surface area contributed by atoms with Crippen LogP contribution in [0.2, 0.25) is 0 Å². The van der Waals surface area contributed by atoms with E-state index >= 15 is 0 Å². The van der Waals surface area contributed by atoms with Crippen molar-refractivity contribution >= 4 is 5.78 Å². The molecule has 0 radical (unpaired) electrons. The highest BCUT2D eigenvalue weighted by Gasteiger charge is 2.38. The van der Waals surface area contributed by atoms with Crippen LogP contribution in [0.1, 0.15) is 40.0 Å². The molecule has 0 unspecified atom stereocenters. The summed E-state index contributed by atoms with van der Waals surface area (Å²) in [5, 5.41) is 9.66. The van der Waals surface area contributed by atoms with Gasteiger partial charge in [0.05, 0.1) is 5.60 Å². The monoisotopic (exact) mass is 156 g/mol. The Hall–Kier alpha value is -0.370. The number of Topliss-reactive ketones (excluding diaryl/α,β-unsaturated/α-hetero) is 1. The predicted octanol–water partition coefficient (Wildman–Crippen LogP) is 1.52. The molecule has 1 aliphatic carbocycles. The largest absolute Gasteiger partial charge is 0.390 e. The zero-order valence-electron chi connectivity index (χ0n) is 7.48. The van der Waals surface area contributed by atoms with Crippen molar-refractivity contribution in [2.24, 2.45) is 5.41 Å². The molecule has 1 N–H and O–H groups in total. The van der Waals surface area contributed by atoms with Crippen LogP contribution < -0.4 is 0 Å². The number of hydrogen-bond donors (Lipinski definition) is 1. The van der Waals surface area contributed by atoms with Crippen molar-refractivity contribution < 1.29 is 9.90 Å². The third-order valence-corrected chi connectivity index (χ3v) is 2.11. The van der Waals surface area contributed by atoms with E-state index in [0.29, 0.717) is 12.8 Å². The topological polar surface area (TPSA) is 37.3 Å². The second kappa shape index (κ2) is 2.31. The molecule has 0 aromatic rings. The summed E-state index contributed by atoms with van der Waals surface area (Å²) in [5.41, 5.74) is -0.780. The molecule has 1 saturated carbocycles. The number of ketones is 1. The Bertz CT molecular complexity index is 162. The highest BCUT2D eigenvalue weighted by molar-refractivity contribution is 5.81. The molecule has 0 aromatic carbocycles. The second-order valence-electron chi connectivity index (χ2n) is 4.73. The van der Waals surface area contributed by atoms with Gasteiger partial charge >= 0.3 is 0 Å². The number of rotatable bonds is 0. The number of carbonyl (C=O) groups excluding carboxylic acids is 1. The Morgan fingerprint density at radius 3 is 2.18 bits per heavy atom. The van der Waals surface area contributed by atoms with E-state index < -0.39 is 5.60 Å². The van der Waals surface area contributed by atoms with Crippen molar-refractivity contribution in [1.82, 2.24) is 0 Å². The van der Waals surface area contributed by atoms with Gasteiger partial charge in [-0.05, 0) is 18.8 Å². The molecule has 0 amide bonds. The van der Waals surface area contributed by atoms with Crippen LogP contribution in [0.5, 0.6) is 0 Å². The van der Waals surface area contributed by atoms with E-state index in [1.807, 2.05) is 13.8 Å². The molecule has 2 nitrogen and oxygen atoms in total. The average molecular weight is 156 g/mol.